The number of nitrogens with zero attached hydrogens (tertiary/aromatic N) is 2. The molecule has 0 fully saturated rings. The van der Waals surface area contributed by atoms with Crippen LogP contribution in [-0.2, 0) is 0 Å². The molecule has 0 N–H and O–H groups in total. The molecule has 4 nitrogen and oxygen atoms in total. The zero-order valence-electron chi connectivity index (χ0n) is 12.0. The van der Waals surface area contributed by atoms with Gasteiger partial charge in [-0.15, -0.1) is 0 Å². The van der Waals surface area contributed by atoms with E-state index in [4.69, 9.17) is 10.00 Å². The van der Waals surface area contributed by atoms with Gasteiger partial charge in [0.05, 0.1) is 17.7 Å². The normalized spacial score (nSPS) is 19.2. The van der Waals surface area contributed by atoms with Crippen LogP contribution in [-0.4, -0.2) is 10.2 Å². The molecule has 1 aromatic carbocycles. The third kappa shape index (κ3) is 2.55. The molecule has 4 heteroatoms. The molecule has 106 valence electrons. The van der Waals surface area contributed by atoms with Crippen molar-refractivity contribution in [2.45, 2.75) is 31.9 Å². The summed E-state index contributed by atoms with van der Waals surface area (Å²) in [5.74, 6) is 0.800. The number of aromatic nitrogens is 1. The van der Waals surface area contributed by atoms with Crippen molar-refractivity contribution < 1.29 is 4.74 Å². The minimum absolute atomic E-state index is 0.0106. The van der Waals surface area contributed by atoms with Gasteiger partial charge in [0, 0.05) is 36.5 Å². The average Bonchev–Trinajstić information content (AvgIpc) is 2.46. The maximum Gasteiger partial charge on any atom is 0.181 e. The molecule has 21 heavy (non-hydrogen) atoms. The summed E-state index contributed by atoms with van der Waals surface area (Å²) in [6.07, 6.45) is 4.35. The van der Waals surface area contributed by atoms with E-state index < -0.39 is 0 Å². The Kier molecular flexibility index (Phi) is 3.06. The van der Waals surface area contributed by atoms with Crippen LogP contribution in [0.15, 0.2) is 47.5 Å². The number of pyridine rings is 1. The van der Waals surface area contributed by atoms with Crippen molar-refractivity contribution in [1.29, 1.82) is 5.26 Å². The van der Waals surface area contributed by atoms with E-state index in [9.17, 15) is 4.79 Å². The van der Waals surface area contributed by atoms with E-state index in [1.807, 2.05) is 30.5 Å². The van der Waals surface area contributed by atoms with Gasteiger partial charge in [0.15, 0.2) is 5.43 Å². The van der Waals surface area contributed by atoms with Gasteiger partial charge in [0.1, 0.15) is 11.4 Å². The molecule has 1 atom stereocenters. The molecule has 1 aromatic heterocycles. The van der Waals surface area contributed by atoms with Crippen LogP contribution in [0.25, 0.3) is 0 Å². The van der Waals surface area contributed by atoms with Gasteiger partial charge < -0.3 is 9.30 Å². The lowest BCUT2D eigenvalue weighted by atomic mass is 9.88. The number of rotatable bonds is 1. The van der Waals surface area contributed by atoms with Crippen molar-refractivity contribution >= 4 is 0 Å². The van der Waals surface area contributed by atoms with Crippen LogP contribution >= 0.6 is 0 Å². The van der Waals surface area contributed by atoms with Gasteiger partial charge in [-0.1, -0.05) is 0 Å². The van der Waals surface area contributed by atoms with Crippen molar-refractivity contribution in [1.82, 2.24) is 4.57 Å². The van der Waals surface area contributed by atoms with Crippen LogP contribution in [0.5, 0.6) is 5.75 Å². The fourth-order valence-corrected chi connectivity index (χ4v) is 2.78. The fraction of sp³-hybridized carbons (Fsp3) is 0.294. The summed E-state index contributed by atoms with van der Waals surface area (Å²) >= 11 is 0. The first-order valence-corrected chi connectivity index (χ1v) is 6.89. The summed E-state index contributed by atoms with van der Waals surface area (Å²) < 4.78 is 8.02. The number of nitriles is 1. The number of hydrogen-bond donors (Lipinski definition) is 0. The largest absolute Gasteiger partial charge is 0.487 e. The van der Waals surface area contributed by atoms with Gasteiger partial charge in [-0.05, 0) is 32.0 Å². The second-order valence-corrected chi connectivity index (χ2v) is 5.93. The molecule has 0 bridgehead atoms. The summed E-state index contributed by atoms with van der Waals surface area (Å²) in [5.41, 5.74) is 1.29. The third-order valence-electron chi connectivity index (χ3n) is 3.75. The number of benzene rings is 1. The van der Waals surface area contributed by atoms with E-state index in [-0.39, 0.29) is 17.1 Å². The van der Waals surface area contributed by atoms with Crippen LogP contribution in [0.3, 0.4) is 0 Å². The van der Waals surface area contributed by atoms with E-state index >= 15 is 0 Å². The van der Waals surface area contributed by atoms with Gasteiger partial charge in [0.25, 0.3) is 0 Å². The average molecular weight is 280 g/mol. The molecule has 1 aliphatic heterocycles. The van der Waals surface area contributed by atoms with Crippen molar-refractivity contribution in [2.24, 2.45) is 0 Å². The summed E-state index contributed by atoms with van der Waals surface area (Å²) in [7, 11) is 0. The minimum atomic E-state index is -0.297. The van der Waals surface area contributed by atoms with Crippen molar-refractivity contribution in [3.63, 3.8) is 0 Å². The molecule has 2 heterocycles. The lowest BCUT2D eigenvalue weighted by Gasteiger charge is -2.38. The fourth-order valence-electron chi connectivity index (χ4n) is 2.78. The zero-order valence-corrected chi connectivity index (χ0v) is 12.0. The first kappa shape index (κ1) is 13.4. The van der Waals surface area contributed by atoms with Gasteiger partial charge in [0.2, 0.25) is 0 Å². The smallest absolute Gasteiger partial charge is 0.181 e. The molecule has 0 radical (unpaired) electrons. The molecule has 0 saturated heterocycles. The molecule has 1 unspecified atom stereocenters. The standard InChI is InChI=1S/C17H16N2O2/c1-17(2)10-15(19-7-5-13(20)6-8-19)14-9-12(11-18)3-4-16(14)21-17/h3-9,15H,10H2,1-2H3. The lowest BCUT2D eigenvalue weighted by molar-refractivity contribution is 0.0669. The highest BCUT2D eigenvalue weighted by Gasteiger charge is 2.34. The zero-order chi connectivity index (χ0) is 15.0. The molecule has 0 saturated carbocycles. The van der Waals surface area contributed by atoms with E-state index in [1.54, 1.807) is 30.6 Å². The Morgan fingerprint density at radius 2 is 2.00 bits per heavy atom. The van der Waals surface area contributed by atoms with Crippen molar-refractivity contribution in [2.75, 3.05) is 0 Å². The Morgan fingerprint density at radius 3 is 2.67 bits per heavy atom. The van der Waals surface area contributed by atoms with Gasteiger partial charge in [-0.25, -0.2) is 0 Å². The maximum absolute atomic E-state index is 11.3. The first-order chi connectivity index (χ1) is 9.98. The van der Waals surface area contributed by atoms with E-state index in [0.29, 0.717) is 5.56 Å². The lowest BCUT2D eigenvalue weighted by Crippen LogP contribution is -2.37. The first-order valence-electron chi connectivity index (χ1n) is 6.89. The second kappa shape index (κ2) is 4.78. The van der Waals surface area contributed by atoms with Crippen LogP contribution in [0, 0.1) is 11.3 Å². The SMILES string of the molecule is CC1(C)CC(n2ccc(=O)cc2)c2cc(C#N)ccc2O1. The third-order valence-corrected chi connectivity index (χ3v) is 3.75. The molecule has 2 aromatic rings. The highest BCUT2D eigenvalue weighted by Crippen LogP contribution is 2.41. The van der Waals surface area contributed by atoms with Gasteiger partial charge in [-0.3, -0.25) is 4.79 Å². The number of fused-ring (bicyclic) bond motifs is 1. The Bertz CT molecular complexity index is 764. The Labute approximate surface area is 123 Å². The van der Waals surface area contributed by atoms with Crippen LogP contribution in [0.4, 0.5) is 0 Å². The van der Waals surface area contributed by atoms with E-state index in [1.165, 1.54) is 0 Å². The topological polar surface area (TPSA) is 55.0 Å². The molecule has 0 aliphatic carbocycles. The van der Waals surface area contributed by atoms with Crippen molar-refractivity contribution in [3.05, 3.63) is 64.1 Å². The number of hydrogen-bond acceptors (Lipinski definition) is 3. The molecule has 0 amide bonds. The summed E-state index contributed by atoms with van der Waals surface area (Å²) in [6, 6.07) is 10.8. The minimum Gasteiger partial charge on any atom is -0.487 e. The quantitative estimate of drug-likeness (QED) is 0.807. The maximum atomic E-state index is 11.3. The van der Waals surface area contributed by atoms with Gasteiger partial charge in [-0.2, -0.15) is 5.26 Å². The monoisotopic (exact) mass is 280 g/mol. The Hall–Kier alpha value is -2.54. The predicted octanol–water partition coefficient (Wildman–Crippen LogP) is 2.87. The Balaban J connectivity index is 2.14. The second-order valence-electron chi connectivity index (χ2n) is 5.93. The molecule has 3 rings (SSSR count). The van der Waals surface area contributed by atoms with Crippen molar-refractivity contribution in [3.8, 4) is 11.8 Å². The Morgan fingerprint density at radius 1 is 1.29 bits per heavy atom. The van der Waals surface area contributed by atoms with Crippen LogP contribution in [0.2, 0.25) is 0 Å². The highest BCUT2D eigenvalue weighted by atomic mass is 16.5. The summed E-state index contributed by atoms with van der Waals surface area (Å²) in [4.78, 5) is 11.3. The molecule has 1 aliphatic rings. The van der Waals surface area contributed by atoms with Crippen LogP contribution < -0.4 is 10.2 Å². The predicted molar refractivity (Wildman–Crippen MR) is 79.3 cm³/mol. The molecule has 0 spiro atoms. The molecular weight excluding hydrogens is 264 g/mol. The highest BCUT2D eigenvalue weighted by molar-refractivity contribution is 5.45. The van der Waals surface area contributed by atoms with Crippen LogP contribution in [0.1, 0.15) is 37.4 Å². The summed E-state index contributed by atoms with van der Waals surface area (Å²) in [5, 5.41) is 9.10. The van der Waals surface area contributed by atoms with E-state index in [2.05, 4.69) is 6.07 Å². The van der Waals surface area contributed by atoms with Gasteiger partial charge >= 0.3 is 0 Å². The molecular formula is C17H16N2O2. The number of ether oxygens (including phenoxy) is 1. The van der Waals surface area contributed by atoms with E-state index in [0.717, 1.165) is 17.7 Å². The summed E-state index contributed by atoms with van der Waals surface area (Å²) in [6.45, 7) is 4.09.